The van der Waals surface area contributed by atoms with Crippen LogP contribution in [0.3, 0.4) is 0 Å². The molecule has 2 aliphatic carbocycles. The van der Waals surface area contributed by atoms with Gasteiger partial charge in [-0.1, -0.05) is 20.8 Å². The zero-order valence-corrected chi connectivity index (χ0v) is 19.7. The minimum absolute atomic E-state index is 0.203. The van der Waals surface area contributed by atoms with Crippen molar-refractivity contribution in [3.63, 3.8) is 0 Å². The third kappa shape index (κ3) is 4.70. The highest BCUT2D eigenvalue weighted by Gasteiger charge is 2.49. The molecule has 0 aromatic heterocycles. The number of ketones is 2. The number of carbonyl (C=O) groups is 2. The molecule has 0 aromatic rings. The number of nitrogens with zero attached hydrogens (tertiary/aromatic N) is 2. The number of likely N-dealkylation sites (tertiary alicyclic amines) is 2. The maximum atomic E-state index is 12.3. The Morgan fingerprint density at radius 1 is 0.867 bits per heavy atom. The molecular formula is C26H44N2O2. The van der Waals surface area contributed by atoms with E-state index >= 15 is 0 Å². The summed E-state index contributed by atoms with van der Waals surface area (Å²) >= 11 is 0. The van der Waals surface area contributed by atoms with Crippen molar-refractivity contribution in [3.8, 4) is 0 Å². The highest BCUT2D eigenvalue weighted by atomic mass is 16.1. The topological polar surface area (TPSA) is 40.6 Å². The van der Waals surface area contributed by atoms with Gasteiger partial charge in [0.15, 0.2) is 0 Å². The predicted octanol–water partition coefficient (Wildman–Crippen LogP) is 4.71. The van der Waals surface area contributed by atoms with Crippen LogP contribution in [0.1, 0.15) is 91.4 Å². The summed E-state index contributed by atoms with van der Waals surface area (Å²) in [5.41, 5.74) is 0.565. The van der Waals surface area contributed by atoms with Gasteiger partial charge in [-0.15, -0.1) is 0 Å². The Hall–Kier alpha value is -0.740. The fourth-order valence-corrected chi connectivity index (χ4v) is 7.10. The van der Waals surface area contributed by atoms with Crippen molar-refractivity contribution >= 4 is 11.6 Å². The molecule has 4 fully saturated rings. The lowest BCUT2D eigenvalue weighted by molar-refractivity contribution is -0.129. The van der Waals surface area contributed by atoms with Crippen molar-refractivity contribution in [1.82, 2.24) is 9.80 Å². The lowest BCUT2D eigenvalue weighted by Gasteiger charge is -2.56. The quantitative estimate of drug-likeness (QED) is 0.629. The van der Waals surface area contributed by atoms with Crippen LogP contribution in [0.5, 0.6) is 0 Å². The van der Waals surface area contributed by atoms with Crippen molar-refractivity contribution in [2.24, 2.45) is 23.2 Å². The van der Waals surface area contributed by atoms with Gasteiger partial charge < -0.3 is 4.90 Å². The van der Waals surface area contributed by atoms with Gasteiger partial charge in [0, 0.05) is 42.8 Å². The second-order valence-corrected chi connectivity index (χ2v) is 11.3. The molecule has 4 rings (SSSR count). The van der Waals surface area contributed by atoms with Gasteiger partial charge in [0.1, 0.15) is 11.6 Å². The van der Waals surface area contributed by atoms with Crippen molar-refractivity contribution in [3.05, 3.63) is 0 Å². The van der Waals surface area contributed by atoms with E-state index in [1.807, 2.05) is 6.92 Å². The Balaban J connectivity index is 1.19. The summed E-state index contributed by atoms with van der Waals surface area (Å²) in [7, 11) is 0. The highest BCUT2D eigenvalue weighted by molar-refractivity contribution is 5.82. The third-order valence-electron chi connectivity index (χ3n) is 9.14. The first-order chi connectivity index (χ1) is 14.4. The largest absolute Gasteiger partial charge is 0.300 e. The molecule has 2 heterocycles. The van der Waals surface area contributed by atoms with Crippen molar-refractivity contribution in [2.45, 2.75) is 103 Å². The van der Waals surface area contributed by atoms with Crippen LogP contribution in [0.2, 0.25) is 0 Å². The highest BCUT2D eigenvalue weighted by Crippen LogP contribution is 2.54. The molecule has 4 aliphatic rings. The summed E-state index contributed by atoms with van der Waals surface area (Å²) in [6.45, 7) is 10.8. The first kappa shape index (κ1) is 22.5. The summed E-state index contributed by atoms with van der Waals surface area (Å²) in [6.07, 6.45) is 13.1. The van der Waals surface area contributed by atoms with E-state index in [0.717, 1.165) is 31.8 Å². The van der Waals surface area contributed by atoms with Gasteiger partial charge in [-0.05, 0) is 89.3 Å². The zero-order chi connectivity index (χ0) is 21.3. The van der Waals surface area contributed by atoms with Gasteiger partial charge in [0.2, 0.25) is 0 Å². The number of rotatable bonds is 6. The van der Waals surface area contributed by atoms with Crippen LogP contribution in [-0.4, -0.2) is 59.6 Å². The predicted molar refractivity (Wildman–Crippen MR) is 121 cm³/mol. The molecule has 2 aliphatic heterocycles. The Bertz CT molecular complexity index is 607. The second kappa shape index (κ2) is 9.40. The van der Waals surface area contributed by atoms with Crippen molar-refractivity contribution in [2.75, 3.05) is 26.2 Å². The summed E-state index contributed by atoms with van der Waals surface area (Å²) < 4.78 is 0. The minimum Gasteiger partial charge on any atom is -0.300 e. The Kier molecular flexibility index (Phi) is 7.04. The number of carbonyl (C=O) groups excluding carboxylic acids is 2. The van der Waals surface area contributed by atoms with Crippen LogP contribution in [0, 0.1) is 23.2 Å². The molecular weight excluding hydrogens is 372 g/mol. The van der Waals surface area contributed by atoms with Crippen LogP contribution < -0.4 is 0 Å². The summed E-state index contributed by atoms with van der Waals surface area (Å²) in [4.78, 5) is 29.9. The molecule has 2 saturated carbocycles. The second-order valence-electron chi connectivity index (χ2n) is 11.3. The van der Waals surface area contributed by atoms with Crippen LogP contribution in [0.4, 0.5) is 0 Å². The zero-order valence-electron chi connectivity index (χ0n) is 19.7. The normalized spacial score (nSPS) is 36.7. The molecule has 30 heavy (non-hydrogen) atoms. The third-order valence-corrected chi connectivity index (χ3v) is 9.14. The summed E-state index contributed by atoms with van der Waals surface area (Å²) in [5.74, 6) is 1.82. The maximum absolute atomic E-state index is 12.3. The van der Waals surface area contributed by atoms with Crippen LogP contribution in [0.25, 0.3) is 0 Å². The van der Waals surface area contributed by atoms with E-state index in [4.69, 9.17) is 0 Å². The minimum atomic E-state index is 0.203. The molecule has 1 spiro atoms. The van der Waals surface area contributed by atoms with Crippen molar-refractivity contribution < 1.29 is 9.59 Å². The van der Waals surface area contributed by atoms with Gasteiger partial charge in [-0.25, -0.2) is 0 Å². The number of piperidine rings is 2. The van der Waals surface area contributed by atoms with Gasteiger partial charge in [-0.3, -0.25) is 14.5 Å². The maximum Gasteiger partial charge on any atom is 0.138 e. The monoisotopic (exact) mass is 416 g/mol. The standard InChI is InChI=1S/C26H44N2O2/c1-4-24(29)21-6-5-13-28(18-21)22-9-14-27(15-10-22)23-16-26(17-23)11-7-20(8-12-26)25(30)19(2)3/h19-23H,4-18H2,1-3H3/t20?,21-,23?,26?/m1/s1. The average Bonchev–Trinajstić information content (AvgIpc) is 2.76. The Labute approximate surface area is 184 Å². The lowest BCUT2D eigenvalue weighted by Crippen LogP contribution is -2.56. The molecule has 2 saturated heterocycles. The van der Waals surface area contributed by atoms with Gasteiger partial charge in [0.25, 0.3) is 0 Å². The number of Topliss-reactive ketones (excluding diaryl/α,β-unsaturated/α-hetero) is 2. The smallest absolute Gasteiger partial charge is 0.138 e. The summed E-state index contributed by atoms with van der Waals surface area (Å²) in [6, 6.07) is 1.49. The first-order valence-electron chi connectivity index (χ1n) is 13.0. The summed E-state index contributed by atoms with van der Waals surface area (Å²) in [5, 5.41) is 0. The number of hydrogen-bond acceptors (Lipinski definition) is 4. The van der Waals surface area contributed by atoms with E-state index in [1.54, 1.807) is 0 Å². The molecule has 0 amide bonds. The van der Waals surface area contributed by atoms with Gasteiger partial charge >= 0.3 is 0 Å². The van der Waals surface area contributed by atoms with E-state index in [1.165, 1.54) is 64.6 Å². The molecule has 0 N–H and O–H groups in total. The van der Waals surface area contributed by atoms with E-state index in [9.17, 15) is 9.59 Å². The first-order valence-corrected chi connectivity index (χ1v) is 13.0. The van der Waals surface area contributed by atoms with Gasteiger partial charge in [-0.2, -0.15) is 0 Å². The molecule has 4 nitrogen and oxygen atoms in total. The van der Waals surface area contributed by atoms with E-state index in [-0.39, 0.29) is 5.92 Å². The van der Waals surface area contributed by atoms with E-state index in [0.29, 0.717) is 41.3 Å². The van der Waals surface area contributed by atoms with Crippen LogP contribution in [-0.2, 0) is 9.59 Å². The molecule has 0 unspecified atom stereocenters. The van der Waals surface area contributed by atoms with Crippen molar-refractivity contribution in [1.29, 1.82) is 0 Å². The average molecular weight is 417 g/mol. The molecule has 4 heteroatoms. The fraction of sp³-hybridized carbons (Fsp3) is 0.923. The van der Waals surface area contributed by atoms with Crippen LogP contribution in [0.15, 0.2) is 0 Å². The number of hydrogen-bond donors (Lipinski definition) is 0. The molecule has 170 valence electrons. The van der Waals surface area contributed by atoms with Gasteiger partial charge in [0.05, 0.1) is 0 Å². The van der Waals surface area contributed by atoms with E-state index in [2.05, 4.69) is 23.6 Å². The Morgan fingerprint density at radius 3 is 2.13 bits per heavy atom. The van der Waals surface area contributed by atoms with E-state index < -0.39 is 0 Å². The van der Waals surface area contributed by atoms with Crippen LogP contribution >= 0.6 is 0 Å². The molecule has 0 radical (unpaired) electrons. The molecule has 1 atom stereocenters. The fourth-order valence-electron chi connectivity index (χ4n) is 7.10. The molecule has 0 aromatic carbocycles. The molecule has 0 bridgehead atoms. The Morgan fingerprint density at radius 2 is 1.53 bits per heavy atom. The SMILES string of the molecule is CCC(=O)[C@@H]1CCCN(C2CCN(C3CC4(CCC(C(=O)C(C)C)CC4)C3)CC2)C1. The lowest BCUT2D eigenvalue weighted by atomic mass is 9.56.